The highest BCUT2D eigenvalue weighted by Gasteiger charge is 2.05. The number of nitrogens with zero attached hydrogens (tertiary/aromatic N) is 7. The molecule has 0 bridgehead atoms. The molecule has 3 rings (SSSR count). The van der Waals surface area contributed by atoms with Gasteiger partial charge in [0.1, 0.15) is 0 Å². The van der Waals surface area contributed by atoms with Gasteiger partial charge in [0.25, 0.3) is 5.69 Å². The van der Waals surface area contributed by atoms with Crippen LogP contribution in [0, 0.1) is 10.1 Å². The van der Waals surface area contributed by atoms with Crippen LogP contribution in [0.3, 0.4) is 0 Å². The molecule has 0 amide bonds. The third-order valence-electron chi connectivity index (χ3n) is 4.26. The van der Waals surface area contributed by atoms with E-state index in [4.69, 9.17) is 11.5 Å². The minimum absolute atomic E-state index is 0.0168. The smallest absolute Gasteiger partial charge is 0.269 e. The molecular weight excluding hydrogens is 400 g/mol. The number of nitrogens with one attached hydrogen (secondary N) is 1. The lowest BCUT2D eigenvalue weighted by molar-refractivity contribution is -0.384. The zero-order valence-corrected chi connectivity index (χ0v) is 16.8. The maximum absolute atomic E-state index is 10.7. The van der Waals surface area contributed by atoms with E-state index in [0.29, 0.717) is 23.9 Å². The Morgan fingerprint density at radius 1 is 0.968 bits per heavy atom. The maximum atomic E-state index is 10.7. The van der Waals surface area contributed by atoms with E-state index in [1.165, 1.54) is 12.1 Å². The second kappa shape index (κ2) is 9.91. The van der Waals surface area contributed by atoms with Gasteiger partial charge in [-0.25, -0.2) is 0 Å². The molecule has 0 aliphatic rings. The van der Waals surface area contributed by atoms with Crippen molar-refractivity contribution in [3.05, 3.63) is 58.6 Å². The summed E-state index contributed by atoms with van der Waals surface area (Å²) in [4.78, 5) is 24.0. The van der Waals surface area contributed by atoms with E-state index in [2.05, 4.69) is 35.4 Å². The molecule has 3 aromatic rings. The average Bonchev–Trinajstić information content (AvgIpc) is 2.75. The second-order valence-electron chi connectivity index (χ2n) is 6.57. The fraction of sp³-hybridized carbons (Fsp3) is 0.211. The van der Waals surface area contributed by atoms with Gasteiger partial charge in [-0.1, -0.05) is 0 Å². The Balaban J connectivity index is 1.48. The van der Waals surface area contributed by atoms with Crippen molar-refractivity contribution in [3.8, 4) is 0 Å². The first-order valence-corrected chi connectivity index (χ1v) is 9.39. The summed E-state index contributed by atoms with van der Waals surface area (Å²) >= 11 is 0. The van der Waals surface area contributed by atoms with Gasteiger partial charge in [-0.15, -0.1) is 0 Å². The van der Waals surface area contributed by atoms with Crippen molar-refractivity contribution in [2.45, 2.75) is 6.42 Å². The minimum Gasteiger partial charge on any atom is -0.375 e. The van der Waals surface area contributed by atoms with Crippen LogP contribution in [0.4, 0.5) is 40.6 Å². The van der Waals surface area contributed by atoms with E-state index in [-0.39, 0.29) is 17.6 Å². The molecule has 0 aliphatic carbocycles. The lowest BCUT2D eigenvalue weighted by Gasteiger charge is -2.19. The summed E-state index contributed by atoms with van der Waals surface area (Å²) in [6.45, 7) is 1.45. The van der Waals surface area contributed by atoms with Crippen molar-refractivity contribution in [3.63, 3.8) is 0 Å². The van der Waals surface area contributed by atoms with Crippen LogP contribution in [-0.2, 0) is 0 Å². The molecule has 1 heterocycles. The average molecular weight is 422 g/mol. The van der Waals surface area contributed by atoms with Gasteiger partial charge in [-0.2, -0.15) is 25.2 Å². The number of nitrogens with two attached hydrogens (primary N) is 2. The molecule has 12 nitrogen and oxygen atoms in total. The number of hydrogen-bond acceptors (Lipinski definition) is 11. The van der Waals surface area contributed by atoms with Crippen LogP contribution in [0.1, 0.15) is 6.42 Å². The van der Waals surface area contributed by atoms with Crippen molar-refractivity contribution in [2.24, 2.45) is 10.2 Å². The number of azo groups is 1. The minimum atomic E-state index is -0.453. The normalized spacial score (nSPS) is 10.9. The van der Waals surface area contributed by atoms with E-state index in [1.54, 1.807) is 12.1 Å². The number of hydrogen-bond donors (Lipinski definition) is 3. The van der Waals surface area contributed by atoms with Gasteiger partial charge in [0.2, 0.25) is 17.8 Å². The Morgan fingerprint density at radius 3 is 2.06 bits per heavy atom. The zero-order chi connectivity index (χ0) is 22.2. The van der Waals surface area contributed by atoms with Crippen molar-refractivity contribution in [1.82, 2.24) is 15.0 Å². The van der Waals surface area contributed by atoms with E-state index in [9.17, 15) is 10.1 Å². The van der Waals surface area contributed by atoms with E-state index in [0.717, 1.165) is 18.7 Å². The molecule has 0 aliphatic heterocycles. The van der Waals surface area contributed by atoms with Gasteiger partial charge in [0, 0.05) is 38.0 Å². The molecule has 1 aromatic heterocycles. The molecule has 12 heteroatoms. The first-order valence-electron chi connectivity index (χ1n) is 9.39. The zero-order valence-electron chi connectivity index (χ0n) is 16.8. The molecule has 0 radical (unpaired) electrons. The molecule has 160 valence electrons. The number of non-ortho nitro benzene ring substituents is 1. The van der Waals surface area contributed by atoms with Gasteiger partial charge in [0.15, 0.2) is 0 Å². The maximum Gasteiger partial charge on any atom is 0.269 e. The SMILES string of the molecule is CN(CCCNc1nc(N)nc(N)n1)c1ccc(/N=N/c2ccc([N+](=O)[O-])cc2)cc1. The van der Waals surface area contributed by atoms with Crippen LogP contribution in [0.15, 0.2) is 58.8 Å². The van der Waals surface area contributed by atoms with Crippen molar-refractivity contribution in [2.75, 3.05) is 41.8 Å². The Hall–Kier alpha value is -4.35. The number of nitrogen functional groups attached to an aromatic ring is 2. The summed E-state index contributed by atoms with van der Waals surface area (Å²) in [5, 5.41) is 22.0. The fourth-order valence-electron chi connectivity index (χ4n) is 2.66. The molecule has 31 heavy (non-hydrogen) atoms. The number of anilines is 4. The topological polar surface area (TPSA) is 174 Å². The number of benzene rings is 2. The quantitative estimate of drug-likeness (QED) is 0.202. The molecule has 5 N–H and O–H groups in total. The highest BCUT2D eigenvalue weighted by molar-refractivity contribution is 5.52. The molecule has 0 saturated carbocycles. The number of nitro benzene ring substituents is 1. The summed E-state index contributed by atoms with van der Waals surface area (Å²) in [7, 11) is 1.99. The number of aromatic nitrogens is 3. The van der Waals surface area contributed by atoms with Crippen LogP contribution >= 0.6 is 0 Å². The van der Waals surface area contributed by atoms with Crippen molar-refractivity contribution >= 4 is 40.6 Å². The van der Waals surface area contributed by atoms with Gasteiger partial charge in [0.05, 0.1) is 16.3 Å². The summed E-state index contributed by atoms with van der Waals surface area (Å²) in [6.07, 6.45) is 0.837. The van der Waals surface area contributed by atoms with E-state index in [1.807, 2.05) is 31.3 Å². The first-order chi connectivity index (χ1) is 14.9. The standard InChI is InChI=1S/C19H22N10O2/c1-28(12-2-11-22-19-24-17(20)23-18(21)25-19)15-7-3-13(4-8-15)26-27-14-5-9-16(10-6-14)29(30)31/h3-10H,2,11-12H2,1H3,(H5,20,21,22,23,24,25)/b27-26+. The molecular formula is C19H22N10O2. The number of rotatable bonds is 9. The molecule has 2 aromatic carbocycles. The summed E-state index contributed by atoms with van der Waals surface area (Å²) in [5.41, 5.74) is 13.4. The van der Waals surface area contributed by atoms with Crippen LogP contribution in [-0.4, -0.2) is 40.0 Å². The molecule has 0 saturated heterocycles. The Morgan fingerprint density at radius 2 is 1.52 bits per heavy atom. The third kappa shape index (κ3) is 6.32. The predicted molar refractivity (Wildman–Crippen MR) is 119 cm³/mol. The van der Waals surface area contributed by atoms with Gasteiger partial charge >= 0.3 is 0 Å². The van der Waals surface area contributed by atoms with Gasteiger partial charge in [-0.3, -0.25) is 10.1 Å². The van der Waals surface area contributed by atoms with Crippen molar-refractivity contribution in [1.29, 1.82) is 0 Å². The van der Waals surface area contributed by atoms with E-state index < -0.39 is 4.92 Å². The van der Waals surface area contributed by atoms with Crippen LogP contribution in [0.25, 0.3) is 0 Å². The van der Waals surface area contributed by atoms with E-state index >= 15 is 0 Å². The highest BCUT2D eigenvalue weighted by Crippen LogP contribution is 2.23. The molecule has 0 atom stereocenters. The summed E-state index contributed by atoms with van der Waals surface area (Å²) in [6, 6.07) is 13.5. The monoisotopic (exact) mass is 422 g/mol. The predicted octanol–water partition coefficient (Wildman–Crippen LogP) is 3.30. The Kier molecular flexibility index (Phi) is 6.83. The van der Waals surface area contributed by atoms with Gasteiger partial charge < -0.3 is 21.7 Å². The third-order valence-corrected chi connectivity index (χ3v) is 4.26. The first kappa shape index (κ1) is 21.4. The lowest BCUT2D eigenvalue weighted by atomic mass is 10.2. The lowest BCUT2D eigenvalue weighted by Crippen LogP contribution is -2.21. The van der Waals surface area contributed by atoms with Gasteiger partial charge in [-0.05, 0) is 42.8 Å². The Bertz CT molecular complexity index is 1030. The molecule has 0 unspecified atom stereocenters. The van der Waals surface area contributed by atoms with Crippen LogP contribution < -0.4 is 21.7 Å². The highest BCUT2D eigenvalue weighted by atomic mass is 16.6. The van der Waals surface area contributed by atoms with Crippen molar-refractivity contribution < 1.29 is 4.92 Å². The fourth-order valence-corrected chi connectivity index (χ4v) is 2.66. The summed E-state index contributed by atoms with van der Waals surface area (Å²) < 4.78 is 0. The number of nitro groups is 1. The van der Waals surface area contributed by atoms with Crippen LogP contribution in [0.5, 0.6) is 0 Å². The Labute approximate surface area is 178 Å². The largest absolute Gasteiger partial charge is 0.375 e. The second-order valence-corrected chi connectivity index (χ2v) is 6.57. The summed E-state index contributed by atoms with van der Waals surface area (Å²) in [5.74, 6) is 0.520. The molecule has 0 spiro atoms. The van der Waals surface area contributed by atoms with Crippen LogP contribution in [0.2, 0.25) is 0 Å². The molecule has 0 fully saturated rings.